The summed E-state index contributed by atoms with van der Waals surface area (Å²) in [6.07, 6.45) is 1.92. The highest BCUT2D eigenvalue weighted by atomic mass is 19.1. The van der Waals surface area contributed by atoms with E-state index in [1.165, 1.54) is 24.3 Å². The number of H-pyrrole nitrogens is 2. The summed E-state index contributed by atoms with van der Waals surface area (Å²) in [6, 6.07) is 14.4. The Kier molecular flexibility index (Phi) is 3.65. The van der Waals surface area contributed by atoms with Crippen LogP contribution < -0.4 is 10.4 Å². The molecule has 3 aromatic carbocycles. The van der Waals surface area contributed by atoms with Crippen molar-refractivity contribution in [1.29, 1.82) is 0 Å². The Morgan fingerprint density at radius 1 is 0.857 bits per heavy atom. The van der Waals surface area contributed by atoms with Crippen molar-refractivity contribution in [3.8, 4) is 5.75 Å². The van der Waals surface area contributed by atoms with Crippen LogP contribution in [0.1, 0.15) is 22.3 Å². The molecule has 1 aliphatic rings. The Hall–Kier alpha value is -3.67. The minimum absolute atomic E-state index is 0.144. The van der Waals surface area contributed by atoms with Gasteiger partial charge < -0.3 is 14.7 Å². The number of nitrogens with one attached hydrogen (secondary N) is 2. The van der Waals surface area contributed by atoms with Gasteiger partial charge in [-0.1, -0.05) is 12.1 Å². The molecule has 0 fully saturated rings. The number of imidazole rings is 1. The average Bonchev–Trinajstić information content (AvgIpc) is 2.97. The lowest BCUT2D eigenvalue weighted by Crippen LogP contribution is -1.99. The van der Waals surface area contributed by atoms with Crippen LogP contribution in [-0.4, -0.2) is 9.97 Å². The van der Waals surface area contributed by atoms with Gasteiger partial charge >= 0.3 is 5.69 Å². The molecule has 0 saturated carbocycles. The molecule has 0 amide bonds. The monoisotopic (exact) mass is 376 g/mol. The van der Waals surface area contributed by atoms with Crippen LogP contribution in [0.2, 0.25) is 0 Å². The van der Waals surface area contributed by atoms with E-state index >= 15 is 0 Å². The first kappa shape index (κ1) is 16.5. The van der Waals surface area contributed by atoms with Crippen LogP contribution in [0.15, 0.2) is 59.4 Å². The Bertz CT molecular complexity index is 1260. The molecule has 0 aliphatic carbocycles. The van der Waals surface area contributed by atoms with Gasteiger partial charge in [0.2, 0.25) is 0 Å². The van der Waals surface area contributed by atoms with Gasteiger partial charge in [0.25, 0.3) is 0 Å². The second-order valence-electron chi connectivity index (χ2n) is 6.67. The molecule has 0 saturated heterocycles. The van der Waals surface area contributed by atoms with Crippen molar-refractivity contribution < 1.29 is 13.5 Å². The predicted molar refractivity (Wildman–Crippen MR) is 103 cm³/mol. The zero-order valence-electron chi connectivity index (χ0n) is 14.6. The van der Waals surface area contributed by atoms with E-state index in [-0.39, 0.29) is 18.1 Å². The number of hydrogen-bond acceptors (Lipinski definition) is 2. The molecule has 0 unspecified atom stereocenters. The molecular weight excluding hydrogens is 362 g/mol. The molecule has 4 nitrogen and oxygen atoms in total. The molecule has 0 atom stereocenters. The SMILES string of the molecule is O=c1[nH]c2ccc(/C=C3\c4ccc(F)cc4COc4cc(F)ccc43)cc2[nH]1. The van der Waals surface area contributed by atoms with Crippen LogP contribution in [-0.2, 0) is 6.61 Å². The minimum atomic E-state index is -0.401. The molecule has 0 bridgehead atoms. The normalized spacial score (nSPS) is 14.4. The zero-order chi connectivity index (χ0) is 19.3. The minimum Gasteiger partial charge on any atom is -0.488 e. The standard InChI is InChI=1S/C22H14F2N2O2/c23-14-2-4-16-13(9-14)11-28-21-10-15(24)3-5-17(21)18(16)7-12-1-6-19-20(8-12)26-22(27)25-19/h1-10H,11H2,(H2,25,26,27)/b18-7+. The first-order valence-electron chi connectivity index (χ1n) is 8.72. The van der Waals surface area contributed by atoms with Gasteiger partial charge in [-0.15, -0.1) is 0 Å². The number of benzene rings is 3. The lowest BCUT2D eigenvalue weighted by Gasteiger charge is -2.11. The van der Waals surface area contributed by atoms with Crippen molar-refractivity contribution in [2.24, 2.45) is 0 Å². The summed E-state index contributed by atoms with van der Waals surface area (Å²) in [5, 5.41) is 0. The van der Waals surface area contributed by atoms with Gasteiger partial charge in [-0.05, 0) is 59.2 Å². The van der Waals surface area contributed by atoms with Crippen LogP contribution in [0.3, 0.4) is 0 Å². The van der Waals surface area contributed by atoms with E-state index in [1.54, 1.807) is 12.1 Å². The van der Waals surface area contributed by atoms with Crippen molar-refractivity contribution in [3.63, 3.8) is 0 Å². The fraction of sp³-hybridized carbons (Fsp3) is 0.0455. The van der Waals surface area contributed by atoms with E-state index in [9.17, 15) is 13.6 Å². The molecular formula is C22H14F2N2O2. The predicted octanol–water partition coefficient (Wildman–Crippen LogP) is 4.62. The van der Waals surface area contributed by atoms with E-state index < -0.39 is 5.82 Å². The summed E-state index contributed by atoms with van der Waals surface area (Å²) in [5.41, 5.74) is 4.96. The van der Waals surface area contributed by atoms with Crippen molar-refractivity contribution in [3.05, 3.63) is 99.0 Å². The number of fused-ring (bicyclic) bond motifs is 3. The maximum atomic E-state index is 13.8. The summed E-state index contributed by atoms with van der Waals surface area (Å²) in [6.45, 7) is 0.144. The van der Waals surface area contributed by atoms with E-state index in [2.05, 4.69) is 9.97 Å². The number of aromatic amines is 2. The van der Waals surface area contributed by atoms with Gasteiger partial charge in [0.1, 0.15) is 24.0 Å². The van der Waals surface area contributed by atoms with Crippen molar-refractivity contribution in [2.75, 3.05) is 0 Å². The van der Waals surface area contributed by atoms with Crippen LogP contribution >= 0.6 is 0 Å². The molecule has 1 aromatic heterocycles. The third-order valence-corrected chi connectivity index (χ3v) is 4.83. The van der Waals surface area contributed by atoms with Crippen molar-refractivity contribution >= 4 is 22.7 Å². The summed E-state index contributed by atoms with van der Waals surface area (Å²) in [4.78, 5) is 17.0. The summed E-state index contributed by atoms with van der Waals surface area (Å²) < 4.78 is 33.3. The smallest absolute Gasteiger partial charge is 0.323 e. The molecule has 1 aliphatic heterocycles. The number of halogens is 2. The van der Waals surface area contributed by atoms with Crippen LogP contribution in [0.4, 0.5) is 8.78 Å². The first-order chi connectivity index (χ1) is 13.6. The fourth-order valence-corrected chi connectivity index (χ4v) is 3.55. The molecule has 4 aromatic rings. The lowest BCUT2D eigenvalue weighted by molar-refractivity contribution is 0.305. The molecule has 0 radical (unpaired) electrons. The molecule has 6 heteroatoms. The first-order valence-corrected chi connectivity index (χ1v) is 8.72. The second-order valence-corrected chi connectivity index (χ2v) is 6.67. The quantitative estimate of drug-likeness (QED) is 0.509. The highest BCUT2D eigenvalue weighted by Crippen LogP contribution is 2.38. The molecule has 2 N–H and O–H groups in total. The Balaban J connectivity index is 1.75. The Labute approximate surface area is 158 Å². The van der Waals surface area contributed by atoms with Gasteiger partial charge in [-0.2, -0.15) is 0 Å². The van der Waals surface area contributed by atoms with E-state index in [0.717, 1.165) is 22.3 Å². The van der Waals surface area contributed by atoms with Crippen LogP contribution in [0.5, 0.6) is 5.75 Å². The van der Waals surface area contributed by atoms with Gasteiger partial charge in [-0.3, -0.25) is 0 Å². The van der Waals surface area contributed by atoms with Crippen molar-refractivity contribution in [2.45, 2.75) is 6.61 Å². The van der Waals surface area contributed by atoms with Gasteiger partial charge in [0.15, 0.2) is 0 Å². The van der Waals surface area contributed by atoms with E-state index in [1.807, 2.05) is 24.3 Å². The van der Waals surface area contributed by atoms with E-state index in [0.29, 0.717) is 22.3 Å². The molecule has 2 heterocycles. The summed E-state index contributed by atoms with van der Waals surface area (Å²) >= 11 is 0. The van der Waals surface area contributed by atoms with Crippen molar-refractivity contribution in [1.82, 2.24) is 9.97 Å². The lowest BCUT2D eigenvalue weighted by atomic mass is 9.92. The number of aromatic nitrogens is 2. The molecule has 138 valence electrons. The summed E-state index contributed by atoms with van der Waals surface area (Å²) in [7, 11) is 0. The third-order valence-electron chi connectivity index (χ3n) is 4.83. The maximum Gasteiger partial charge on any atom is 0.323 e. The molecule has 28 heavy (non-hydrogen) atoms. The fourth-order valence-electron chi connectivity index (χ4n) is 3.55. The Morgan fingerprint density at radius 3 is 2.46 bits per heavy atom. The summed E-state index contributed by atoms with van der Waals surface area (Å²) in [5.74, 6) is -0.356. The maximum absolute atomic E-state index is 13.8. The zero-order valence-corrected chi connectivity index (χ0v) is 14.6. The van der Waals surface area contributed by atoms with E-state index in [4.69, 9.17) is 4.74 Å². The average molecular weight is 376 g/mol. The van der Waals surface area contributed by atoms with Crippen LogP contribution in [0.25, 0.3) is 22.7 Å². The largest absolute Gasteiger partial charge is 0.488 e. The number of hydrogen-bond donors (Lipinski definition) is 2. The van der Waals surface area contributed by atoms with Gasteiger partial charge in [-0.25, -0.2) is 13.6 Å². The van der Waals surface area contributed by atoms with Gasteiger partial charge in [0, 0.05) is 17.2 Å². The number of rotatable bonds is 1. The molecule has 0 spiro atoms. The number of ether oxygens (including phenoxy) is 1. The Morgan fingerprint density at radius 2 is 1.61 bits per heavy atom. The van der Waals surface area contributed by atoms with Gasteiger partial charge in [0.05, 0.1) is 11.0 Å². The third kappa shape index (κ3) is 2.79. The topological polar surface area (TPSA) is 57.9 Å². The molecule has 5 rings (SSSR count). The van der Waals surface area contributed by atoms with Crippen LogP contribution in [0, 0.1) is 11.6 Å². The highest BCUT2D eigenvalue weighted by molar-refractivity contribution is 5.95. The second kappa shape index (κ2) is 6.20. The highest BCUT2D eigenvalue weighted by Gasteiger charge is 2.20.